The molecule has 202 valence electrons. The van der Waals surface area contributed by atoms with Crippen LogP contribution in [0.2, 0.25) is 0 Å². The summed E-state index contributed by atoms with van der Waals surface area (Å²) < 4.78 is 5.95. The van der Waals surface area contributed by atoms with Gasteiger partial charge in [-0.2, -0.15) is 0 Å². The first-order valence-electron chi connectivity index (χ1n) is 13.9. The second-order valence-electron chi connectivity index (χ2n) is 10.1. The quantitative estimate of drug-likeness (QED) is 0.211. The lowest BCUT2D eigenvalue weighted by molar-refractivity contribution is 0.651. The molecule has 0 N–H and O–H groups in total. The van der Waals surface area contributed by atoms with Gasteiger partial charge in [0.05, 0.1) is 11.6 Å². The molecular formula is C36H22N6O. The van der Waals surface area contributed by atoms with E-state index in [0.717, 1.165) is 44.3 Å². The molecule has 7 heteroatoms. The highest BCUT2D eigenvalue weighted by Crippen LogP contribution is 2.31. The molecule has 4 aromatic heterocycles. The van der Waals surface area contributed by atoms with E-state index < -0.39 is 0 Å². The molecule has 8 aromatic rings. The van der Waals surface area contributed by atoms with Gasteiger partial charge in [0.1, 0.15) is 5.52 Å². The lowest BCUT2D eigenvalue weighted by Gasteiger charge is -2.09. The summed E-state index contributed by atoms with van der Waals surface area (Å²) in [6.07, 6.45) is 3.53. The van der Waals surface area contributed by atoms with Crippen molar-refractivity contribution in [3.8, 4) is 56.7 Å². The number of hydrogen-bond acceptors (Lipinski definition) is 7. The van der Waals surface area contributed by atoms with Crippen molar-refractivity contribution in [2.75, 3.05) is 0 Å². The van der Waals surface area contributed by atoms with Gasteiger partial charge in [0.25, 0.3) is 0 Å². The Morgan fingerprint density at radius 3 is 1.44 bits per heavy atom. The van der Waals surface area contributed by atoms with Crippen LogP contribution >= 0.6 is 0 Å². The SMILES string of the molecule is c1ccc(-c2cnc3oc4cnc(-c5ccc(-c6nc(-c7ccccc7)nc(-c7ccccc7)n6)cc5)nc4c3c2)cc1. The normalized spacial score (nSPS) is 11.3. The molecule has 4 heterocycles. The Bertz CT molecular complexity index is 2160. The van der Waals surface area contributed by atoms with E-state index in [9.17, 15) is 0 Å². The Kier molecular flexibility index (Phi) is 5.97. The maximum Gasteiger partial charge on any atom is 0.229 e. The van der Waals surface area contributed by atoms with Crippen LogP contribution in [0, 0.1) is 0 Å². The fourth-order valence-electron chi connectivity index (χ4n) is 5.08. The monoisotopic (exact) mass is 554 g/mol. The van der Waals surface area contributed by atoms with Crippen LogP contribution in [0.3, 0.4) is 0 Å². The molecule has 0 spiro atoms. The van der Waals surface area contributed by atoms with Gasteiger partial charge in [0.15, 0.2) is 28.9 Å². The smallest absolute Gasteiger partial charge is 0.229 e. The lowest BCUT2D eigenvalue weighted by atomic mass is 10.1. The minimum absolute atomic E-state index is 0.537. The van der Waals surface area contributed by atoms with Gasteiger partial charge in [-0.05, 0) is 11.6 Å². The predicted molar refractivity (Wildman–Crippen MR) is 168 cm³/mol. The highest BCUT2D eigenvalue weighted by atomic mass is 16.3. The van der Waals surface area contributed by atoms with Crippen LogP contribution in [0.5, 0.6) is 0 Å². The number of hydrogen-bond donors (Lipinski definition) is 0. The zero-order chi connectivity index (χ0) is 28.6. The molecule has 0 bridgehead atoms. The average molecular weight is 555 g/mol. The maximum absolute atomic E-state index is 5.95. The first-order chi connectivity index (χ1) is 21.3. The van der Waals surface area contributed by atoms with Crippen molar-refractivity contribution in [2.24, 2.45) is 0 Å². The molecule has 0 saturated carbocycles. The van der Waals surface area contributed by atoms with Crippen LogP contribution in [-0.2, 0) is 0 Å². The maximum atomic E-state index is 5.95. The second kappa shape index (κ2) is 10.4. The molecule has 0 atom stereocenters. The lowest BCUT2D eigenvalue weighted by Crippen LogP contribution is -2.00. The van der Waals surface area contributed by atoms with Gasteiger partial charge in [-0.1, -0.05) is 115 Å². The van der Waals surface area contributed by atoms with Crippen molar-refractivity contribution in [2.45, 2.75) is 0 Å². The Balaban J connectivity index is 1.18. The van der Waals surface area contributed by atoms with E-state index in [0.29, 0.717) is 34.6 Å². The summed E-state index contributed by atoms with van der Waals surface area (Å²) in [5.74, 6) is 2.43. The van der Waals surface area contributed by atoms with Crippen LogP contribution in [0.1, 0.15) is 0 Å². The molecule has 7 nitrogen and oxygen atoms in total. The topological polar surface area (TPSA) is 90.5 Å². The molecule has 0 saturated heterocycles. The van der Waals surface area contributed by atoms with E-state index in [1.807, 2.05) is 109 Å². The number of furan rings is 1. The number of fused-ring (bicyclic) bond motifs is 3. The zero-order valence-corrected chi connectivity index (χ0v) is 22.8. The zero-order valence-electron chi connectivity index (χ0n) is 22.8. The standard InChI is InChI=1S/C36H22N6O/c1-4-10-23(11-5-1)28-20-29-31-30(43-36(29)38-21-28)22-37-32(39-31)26-16-18-27(19-17-26)35-41-33(24-12-6-2-7-13-24)40-34(42-35)25-14-8-3-9-15-25/h1-22H. The van der Waals surface area contributed by atoms with Crippen molar-refractivity contribution in [1.82, 2.24) is 29.9 Å². The molecule has 0 radical (unpaired) electrons. The van der Waals surface area contributed by atoms with E-state index in [-0.39, 0.29) is 0 Å². The molecule has 4 aromatic carbocycles. The van der Waals surface area contributed by atoms with Crippen molar-refractivity contribution in [3.05, 3.63) is 134 Å². The Morgan fingerprint density at radius 2 is 0.884 bits per heavy atom. The van der Waals surface area contributed by atoms with Gasteiger partial charge in [0.2, 0.25) is 5.71 Å². The second-order valence-corrected chi connectivity index (χ2v) is 10.1. The fourth-order valence-corrected chi connectivity index (χ4v) is 5.08. The Hall–Kier alpha value is -6.08. The van der Waals surface area contributed by atoms with Crippen LogP contribution in [0.4, 0.5) is 0 Å². The minimum atomic E-state index is 0.537. The van der Waals surface area contributed by atoms with E-state index in [1.54, 1.807) is 6.20 Å². The van der Waals surface area contributed by atoms with E-state index >= 15 is 0 Å². The molecule has 0 unspecified atom stereocenters. The first-order valence-corrected chi connectivity index (χ1v) is 13.9. The van der Waals surface area contributed by atoms with Gasteiger partial charge < -0.3 is 4.42 Å². The largest absolute Gasteiger partial charge is 0.434 e. The van der Waals surface area contributed by atoms with Crippen LogP contribution in [0.15, 0.2) is 138 Å². The molecule has 0 amide bonds. The number of rotatable bonds is 5. The molecule has 0 aliphatic heterocycles. The van der Waals surface area contributed by atoms with Gasteiger partial charge in [0, 0.05) is 34.0 Å². The Morgan fingerprint density at radius 1 is 0.395 bits per heavy atom. The third kappa shape index (κ3) is 4.69. The van der Waals surface area contributed by atoms with Gasteiger partial charge in [-0.3, -0.25) is 0 Å². The Labute approximate surface area is 246 Å². The van der Waals surface area contributed by atoms with E-state index in [1.165, 1.54) is 0 Å². The van der Waals surface area contributed by atoms with Gasteiger partial charge in [-0.25, -0.2) is 29.9 Å². The number of benzene rings is 4. The number of aromatic nitrogens is 6. The van der Waals surface area contributed by atoms with Crippen LogP contribution in [0.25, 0.3) is 78.9 Å². The average Bonchev–Trinajstić information content (AvgIpc) is 3.46. The highest BCUT2D eigenvalue weighted by molar-refractivity contribution is 6.02. The van der Waals surface area contributed by atoms with Gasteiger partial charge >= 0.3 is 0 Å². The van der Waals surface area contributed by atoms with E-state index in [2.05, 4.69) is 28.2 Å². The van der Waals surface area contributed by atoms with Crippen molar-refractivity contribution >= 4 is 22.2 Å². The molecule has 0 fully saturated rings. The predicted octanol–water partition coefficient (Wildman–Crippen LogP) is 8.29. The summed E-state index contributed by atoms with van der Waals surface area (Å²) in [6, 6.07) is 40.1. The summed E-state index contributed by atoms with van der Waals surface area (Å²) in [4.78, 5) is 28.5. The minimum Gasteiger partial charge on any atom is -0.434 e. The summed E-state index contributed by atoms with van der Waals surface area (Å²) in [7, 11) is 0. The highest BCUT2D eigenvalue weighted by Gasteiger charge is 2.15. The number of pyridine rings is 1. The number of nitrogens with zero attached hydrogens (tertiary/aromatic N) is 6. The van der Waals surface area contributed by atoms with Crippen LogP contribution in [-0.4, -0.2) is 29.9 Å². The molecule has 0 aliphatic rings. The van der Waals surface area contributed by atoms with Crippen molar-refractivity contribution in [3.63, 3.8) is 0 Å². The molecule has 0 aliphatic carbocycles. The van der Waals surface area contributed by atoms with Crippen molar-refractivity contribution < 1.29 is 4.42 Å². The van der Waals surface area contributed by atoms with Crippen molar-refractivity contribution in [1.29, 1.82) is 0 Å². The third-order valence-corrected chi connectivity index (χ3v) is 7.28. The van der Waals surface area contributed by atoms with E-state index in [4.69, 9.17) is 24.4 Å². The third-order valence-electron chi connectivity index (χ3n) is 7.28. The molecule has 43 heavy (non-hydrogen) atoms. The van der Waals surface area contributed by atoms with Gasteiger partial charge in [-0.15, -0.1) is 0 Å². The molecular weight excluding hydrogens is 532 g/mol. The summed E-state index contributed by atoms with van der Waals surface area (Å²) in [5.41, 5.74) is 7.54. The summed E-state index contributed by atoms with van der Waals surface area (Å²) >= 11 is 0. The summed E-state index contributed by atoms with van der Waals surface area (Å²) in [5, 5.41) is 0.851. The first kappa shape index (κ1) is 24.7. The fraction of sp³-hybridized carbons (Fsp3) is 0. The summed E-state index contributed by atoms with van der Waals surface area (Å²) in [6.45, 7) is 0. The van der Waals surface area contributed by atoms with Crippen LogP contribution < -0.4 is 0 Å². The molecule has 8 rings (SSSR count).